The van der Waals surface area contributed by atoms with Crippen LogP contribution in [0.1, 0.15) is 5.56 Å². The van der Waals surface area contributed by atoms with Crippen molar-refractivity contribution in [3.8, 4) is 22.9 Å². The van der Waals surface area contributed by atoms with Crippen LogP contribution in [-0.2, 0) is 6.61 Å². The van der Waals surface area contributed by atoms with Crippen molar-refractivity contribution < 1.29 is 14.2 Å². The molecular formula is C23H20N2O4. The molecule has 146 valence electrons. The molecule has 6 heteroatoms. The van der Waals surface area contributed by atoms with Crippen molar-refractivity contribution >= 4 is 10.9 Å². The van der Waals surface area contributed by atoms with Crippen molar-refractivity contribution in [1.82, 2.24) is 9.55 Å². The molecule has 0 aliphatic rings. The average molecular weight is 388 g/mol. The predicted octanol–water partition coefficient (Wildman–Crippen LogP) is 3.98. The molecule has 0 fully saturated rings. The minimum absolute atomic E-state index is 0.187. The van der Waals surface area contributed by atoms with Gasteiger partial charge in [0.25, 0.3) is 5.56 Å². The van der Waals surface area contributed by atoms with Crippen LogP contribution < -0.4 is 19.8 Å². The molecule has 0 bridgehead atoms. The second-order valence-electron chi connectivity index (χ2n) is 6.41. The molecule has 0 amide bonds. The highest BCUT2D eigenvalue weighted by molar-refractivity contribution is 5.82. The molecule has 4 aromatic rings. The molecule has 6 nitrogen and oxygen atoms in total. The van der Waals surface area contributed by atoms with Crippen molar-refractivity contribution in [1.29, 1.82) is 0 Å². The molecule has 0 radical (unpaired) electrons. The lowest BCUT2D eigenvalue weighted by Gasteiger charge is -2.13. The van der Waals surface area contributed by atoms with E-state index in [0.717, 1.165) is 11.3 Å². The molecule has 4 rings (SSSR count). The van der Waals surface area contributed by atoms with Gasteiger partial charge in [0, 0.05) is 6.07 Å². The molecule has 0 spiro atoms. The summed E-state index contributed by atoms with van der Waals surface area (Å²) in [6.45, 7) is 0.394. The summed E-state index contributed by atoms with van der Waals surface area (Å²) >= 11 is 0. The summed E-state index contributed by atoms with van der Waals surface area (Å²) in [5, 5.41) is 0.451. The Morgan fingerprint density at radius 3 is 2.34 bits per heavy atom. The lowest BCUT2D eigenvalue weighted by atomic mass is 10.2. The van der Waals surface area contributed by atoms with Gasteiger partial charge in [0.05, 0.1) is 30.8 Å². The van der Waals surface area contributed by atoms with E-state index in [4.69, 9.17) is 14.2 Å². The average Bonchev–Trinajstić information content (AvgIpc) is 2.78. The van der Waals surface area contributed by atoms with E-state index in [9.17, 15) is 4.79 Å². The maximum Gasteiger partial charge on any atom is 0.265 e. The molecule has 0 atom stereocenters. The number of rotatable bonds is 6. The largest absolute Gasteiger partial charge is 0.497 e. The van der Waals surface area contributed by atoms with Crippen LogP contribution in [0.4, 0.5) is 0 Å². The van der Waals surface area contributed by atoms with Crippen LogP contribution in [0.25, 0.3) is 16.6 Å². The molecular weight excluding hydrogens is 368 g/mol. The molecule has 1 aromatic heterocycles. The number of methoxy groups -OCH3 is 2. The number of hydrogen-bond acceptors (Lipinski definition) is 5. The van der Waals surface area contributed by atoms with E-state index >= 15 is 0 Å². The Labute approximate surface area is 167 Å². The summed E-state index contributed by atoms with van der Waals surface area (Å²) in [5.74, 6) is 1.75. The number of ether oxygens (including phenoxy) is 3. The SMILES string of the molecule is COc1ccc(-n2cnc3cc(OCc4ccccc4)c(OC)cc3c2=O)cc1. The normalized spacial score (nSPS) is 10.7. The Balaban J connectivity index is 1.71. The molecule has 1 heterocycles. The zero-order valence-corrected chi connectivity index (χ0v) is 16.2. The fourth-order valence-corrected chi connectivity index (χ4v) is 3.06. The molecule has 0 aliphatic carbocycles. The monoisotopic (exact) mass is 388 g/mol. The summed E-state index contributed by atoms with van der Waals surface area (Å²) in [4.78, 5) is 17.5. The first-order valence-corrected chi connectivity index (χ1v) is 9.10. The van der Waals surface area contributed by atoms with Gasteiger partial charge in [-0.2, -0.15) is 0 Å². The maximum atomic E-state index is 13.0. The number of aromatic nitrogens is 2. The first kappa shape index (κ1) is 18.6. The van der Waals surface area contributed by atoms with Crippen molar-refractivity contribution in [3.63, 3.8) is 0 Å². The standard InChI is InChI=1S/C23H20N2O4/c1-27-18-10-8-17(9-11-18)25-15-24-20-13-22(21(28-2)12-19(20)23(25)26)29-14-16-6-4-3-5-7-16/h3-13,15H,14H2,1-2H3. The number of nitrogens with zero attached hydrogens (tertiary/aromatic N) is 2. The summed E-state index contributed by atoms with van der Waals surface area (Å²) in [7, 11) is 3.15. The van der Waals surface area contributed by atoms with Crippen molar-refractivity contribution in [2.75, 3.05) is 14.2 Å². The van der Waals surface area contributed by atoms with Gasteiger partial charge < -0.3 is 14.2 Å². The summed E-state index contributed by atoms with van der Waals surface area (Å²) < 4.78 is 18.0. The van der Waals surface area contributed by atoms with Crippen LogP contribution in [0.15, 0.2) is 77.9 Å². The summed E-state index contributed by atoms with van der Waals surface area (Å²) in [5.41, 5.74) is 2.10. The zero-order chi connectivity index (χ0) is 20.2. The van der Waals surface area contributed by atoms with Crippen molar-refractivity contribution in [2.24, 2.45) is 0 Å². The van der Waals surface area contributed by atoms with Gasteiger partial charge in [-0.25, -0.2) is 4.98 Å². The van der Waals surface area contributed by atoms with Crippen LogP contribution in [0.2, 0.25) is 0 Å². The van der Waals surface area contributed by atoms with Gasteiger partial charge in [-0.15, -0.1) is 0 Å². The molecule has 0 aliphatic heterocycles. The number of benzene rings is 3. The third-order valence-corrected chi connectivity index (χ3v) is 4.63. The minimum Gasteiger partial charge on any atom is -0.497 e. The minimum atomic E-state index is -0.187. The first-order valence-electron chi connectivity index (χ1n) is 9.10. The van der Waals surface area contributed by atoms with Crippen molar-refractivity contribution in [2.45, 2.75) is 6.61 Å². The van der Waals surface area contributed by atoms with Gasteiger partial charge in [0.15, 0.2) is 11.5 Å². The Kier molecular flexibility index (Phi) is 5.16. The smallest absolute Gasteiger partial charge is 0.265 e. The molecule has 0 saturated carbocycles. The Bertz CT molecular complexity index is 1190. The van der Waals surface area contributed by atoms with Gasteiger partial charge >= 0.3 is 0 Å². The topological polar surface area (TPSA) is 62.6 Å². The Morgan fingerprint density at radius 1 is 0.897 bits per heavy atom. The quantitative estimate of drug-likeness (QED) is 0.500. The van der Waals surface area contributed by atoms with E-state index < -0.39 is 0 Å². The van der Waals surface area contributed by atoms with Crippen LogP contribution in [0.3, 0.4) is 0 Å². The second-order valence-corrected chi connectivity index (χ2v) is 6.41. The second kappa shape index (κ2) is 8.06. The zero-order valence-electron chi connectivity index (χ0n) is 16.2. The maximum absolute atomic E-state index is 13.0. The predicted molar refractivity (Wildman–Crippen MR) is 111 cm³/mol. The van der Waals surface area contributed by atoms with Crippen LogP contribution in [-0.4, -0.2) is 23.8 Å². The summed E-state index contributed by atoms with van der Waals surface area (Å²) in [6, 6.07) is 20.5. The molecule has 0 saturated heterocycles. The van der Waals surface area contributed by atoms with Crippen LogP contribution >= 0.6 is 0 Å². The molecule has 3 aromatic carbocycles. The summed E-state index contributed by atoms with van der Waals surface area (Å²) in [6.07, 6.45) is 1.51. The van der Waals surface area contributed by atoms with E-state index in [1.54, 1.807) is 38.5 Å². The van der Waals surface area contributed by atoms with Gasteiger partial charge in [-0.05, 0) is 35.9 Å². The van der Waals surface area contributed by atoms with Gasteiger partial charge in [-0.1, -0.05) is 30.3 Å². The van der Waals surface area contributed by atoms with E-state index in [1.165, 1.54) is 10.9 Å². The third-order valence-electron chi connectivity index (χ3n) is 4.63. The fourth-order valence-electron chi connectivity index (χ4n) is 3.06. The van der Waals surface area contributed by atoms with E-state index in [1.807, 2.05) is 42.5 Å². The Hall–Kier alpha value is -3.80. The highest BCUT2D eigenvalue weighted by Gasteiger charge is 2.13. The lowest BCUT2D eigenvalue weighted by molar-refractivity contribution is 0.285. The van der Waals surface area contributed by atoms with Gasteiger partial charge in [0.2, 0.25) is 0 Å². The van der Waals surface area contributed by atoms with E-state index in [2.05, 4.69) is 4.98 Å². The van der Waals surface area contributed by atoms with Crippen LogP contribution in [0.5, 0.6) is 17.2 Å². The number of hydrogen-bond donors (Lipinski definition) is 0. The van der Waals surface area contributed by atoms with Gasteiger partial charge in [-0.3, -0.25) is 9.36 Å². The van der Waals surface area contributed by atoms with Crippen LogP contribution in [0, 0.1) is 0 Å². The number of fused-ring (bicyclic) bond motifs is 1. The van der Waals surface area contributed by atoms with Gasteiger partial charge in [0.1, 0.15) is 18.7 Å². The van der Waals surface area contributed by atoms with Crippen molar-refractivity contribution in [3.05, 3.63) is 89.0 Å². The highest BCUT2D eigenvalue weighted by Crippen LogP contribution is 2.31. The Morgan fingerprint density at radius 2 is 1.66 bits per heavy atom. The first-order chi connectivity index (χ1) is 14.2. The molecule has 0 N–H and O–H groups in total. The lowest BCUT2D eigenvalue weighted by Crippen LogP contribution is -2.19. The highest BCUT2D eigenvalue weighted by atomic mass is 16.5. The molecule has 29 heavy (non-hydrogen) atoms. The molecule has 0 unspecified atom stereocenters. The van der Waals surface area contributed by atoms with E-state index in [0.29, 0.717) is 34.7 Å². The fraction of sp³-hybridized carbons (Fsp3) is 0.130. The van der Waals surface area contributed by atoms with E-state index in [-0.39, 0.29) is 5.56 Å². The third kappa shape index (κ3) is 3.78.